The zero-order valence-corrected chi connectivity index (χ0v) is 18.6. The molecule has 1 saturated carbocycles. The number of hydrogen-bond acceptors (Lipinski definition) is 6. The van der Waals surface area contributed by atoms with Gasteiger partial charge < -0.3 is 23.8 Å². The van der Waals surface area contributed by atoms with Gasteiger partial charge in [-0.15, -0.1) is 6.58 Å². The van der Waals surface area contributed by atoms with Crippen molar-refractivity contribution in [1.29, 1.82) is 0 Å². The number of carbonyl (C=O) groups excluding carboxylic acids is 2. The quantitative estimate of drug-likeness (QED) is 0.348. The molecule has 0 spiro atoms. The van der Waals surface area contributed by atoms with E-state index in [0.29, 0.717) is 32.1 Å². The average Bonchev–Trinajstić information content (AvgIpc) is 2.78. The van der Waals surface area contributed by atoms with Gasteiger partial charge in [0.15, 0.2) is 5.79 Å². The topological polar surface area (TPSA) is 74.3 Å². The first kappa shape index (κ1) is 23.9. The van der Waals surface area contributed by atoms with Gasteiger partial charge in [-0.1, -0.05) is 18.2 Å². The lowest BCUT2D eigenvalue weighted by Crippen LogP contribution is -2.64. The molecule has 1 aliphatic rings. The number of nitrogens with zero attached hydrogens (tertiary/aromatic N) is 1. The average molecular weight is 420 g/mol. The second-order valence-corrected chi connectivity index (χ2v) is 7.59. The van der Waals surface area contributed by atoms with Gasteiger partial charge in [0, 0.05) is 34.0 Å². The van der Waals surface area contributed by atoms with Gasteiger partial charge >= 0.3 is 5.97 Å². The van der Waals surface area contributed by atoms with Crippen LogP contribution in [0.25, 0.3) is 0 Å². The van der Waals surface area contributed by atoms with E-state index in [9.17, 15) is 9.59 Å². The molecule has 0 bridgehead atoms. The molecule has 7 heteroatoms. The smallest absolute Gasteiger partial charge is 0.331 e. The van der Waals surface area contributed by atoms with E-state index in [-0.39, 0.29) is 11.9 Å². The number of hydrogen-bond donors (Lipinski definition) is 0. The Morgan fingerprint density at radius 2 is 1.63 bits per heavy atom. The highest BCUT2D eigenvalue weighted by Gasteiger charge is 2.54. The van der Waals surface area contributed by atoms with Gasteiger partial charge in [0.2, 0.25) is 5.91 Å². The Morgan fingerprint density at radius 3 is 2.03 bits per heavy atom. The maximum atomic E-state index is 13.0. The highest BCUT2D eigenvalue weighted by atomic mass is 16.7. The fraction of sp³-hybridized carbons (Fsp3) is 0.565. The number of carbonyl (C=O) groups is 2. The summed E-state index contributed by atoms with van der Waals surface area (Å²) in [4.78, 5) is 27.5. The van der Waals surface area contributed by atoms with E-state index in [1.54, 1.807) is 32.3 Å². The van der Waals surface area contributed by atoms with E-state index in [1.807, 2.05) is 24.3 Å². The minimum absolute atomic E-state index is 0.207. The van der Waals surface area contributed by atoms with Gasteiger partial charge in [0.05, 0.1) is 20.3 Å². The lowest BCUT2D eigenvalue weighted by molar-refractivity contribution is -0.237. The molecule has 1 amide bonds. The Bertz CT molecular complexity index is 731. The number of rotatable bonds is 9. The van der Waals surface area contributed by atoms with Gasteiger partial charge in [-0.25, -0.2) is 4.79 Å². The highest BCUT2D eigenvalue weighted by molar-refractivity contribution is 5.88. The van der Waals surface area contributed by atoms with E-state index in [0.717, 1.165) is 11.3 Å². The Hall–Kier alpha value is -2.38. The Kier molecular flexibility index (Phi) is 8.03. The first-order chi connectivity index (χ1) is 14.3. The van der Waals surface area contributed by atoms with Crippen LogP contribution < -0.4 is 4.74 Å². The molecule has 1 aromatic rings. The van der Waals surface area contributed by atoms with Crippen LogP contribution in [0.5, 0.6) is 5.75 Å². The Balaban J connectivity index is 2.39. The van der Waals surface area contributed by atoms with Crippen LogP contribution in [0.2, 0.25) is 0 Å². The molecular weight excluding hydrogens is 386 g/mol. The van der Waals surface area contributed by atoms with E-state index in [1.165, 1.54) is 14.0 Å². The molecule has 1 atom stereocenters. The van der Waals surface area contributed by atoms with Crippen molar-refractivity contribution >= 4 is 11.9 Å². The van der Waals surface area contributed by atoms with Crippen LogP contribution >= 0.6 is 0 Å². The van der Waals surface area contributed by atoms with Crippen LogP contribution in [-0.2, 0) is 30.2 Å². The number of ether oxygens (including phenoxy) is 4. The summed E-state index contributed by atoms with van der Waals surface area (Å²) in [5.74, 6) is -0.646. The van der Waals surface area contributed by atoms with Crippen LogP contribution in [0, 0.1) is 0 Å². The van der Waals surface area contributed by atoms with Crippen LogP contribution in [0.1, 0.15) is 38.2 Å². The normalized spacial score (nSPS) is 18.2. The molecular formula is C23H33NO6. The lowest BCUT2D eigenvalue weighted by Gasteiger charge is -2.50. The van der Waals surface area contributed by atoms with Crippen molar-refractivity contribution in [1.82, 2.24) is 4.90 Å². The van der Waals surface area contributed by atoms with Crippen molar-refractivity contribution < 1.29 is 28.5 Å². The maximum Gasteiger partial charge on any atom is 0.331 e. The number of methoxy groups -OCH3 is 4. The summed E-state index contributed by atoms with van der Waals surface area (Å²) in [6, 6.07) is 7.25. The third-order valence-electron chi connectivity index (χ3n) is 6.16. The van der Waals surface area contributed by atoms with Crippen LogP contribution in [0.4, 0.5) is 0 Å². The summed E-state index contributed by atoms with van der Waals surface area (Å²) in [5.41, 5.74) is -0.0992. The van der Waals surface area contributed by atoms with Crippen molar-refractivity contribution in [2.24, 2.45) is 0 Å². The summed E-state index contributed by atoms with van der Waals surface area (Å²) in [5, 5.41) is 0. The van der Waals surface area contributed by atoms with Gasteiger partial charge in [0.1, 0.15) is 11.3 Å². The van der Waals surface area contributed by atoms with Crippen LogP contribution in [0.3, 0.4) is 0 Å². The molecule has 0 aliphatic heterocycles. The SMILES string of the molecule is C=C[C@@H](Cc1ccc(OC)cc1)N(C(C)=O)C1(C(=O)OC)CCC(OC)(OC)CC1. The van der Waals surface area contributed by atoms with E-state index < -0.39 is 17.3 Å². The molecule has 0 heterocycles. The predicted octanol–water partition coefficient (Wildman–Crippen LogP) is 3.12. The summed E-state index contributed by atoms with van der Waals surface area (Å²) in [6.07, 6.45) is 3.90. The first-order valence-electron chi connectivity index (χ1n) is 10.1. The minimum Gasteiger partial charge on any atom is -0.497 e. The lowest BCUT2D eigenvalue weighted by atomic mass is 9.76. The molecule has 166 valence electrons. The second kappa shape index (κ2) is 10.1. The van der Waals surface area contributed by atoms with Crippen molar-refractivity contribution in [2.75, 3.05) is 28.4 Å². The standard InChI is InChI=1S/C23H33NO6/c1-7-19(16-18-8-10-20(27-3)11-9-18)24(17(2)25)22(21(26)28-4)12-14-23(29-5,30-6)15-13-22/h7-11,19H,1,12-16H2,2-6H3/t19-/m0/s1. The van der Waals surface area contributed by atoms with Crippen LogP contribution in [-0.4, -0.2) is 62.6 Å². The van der Waals surface area contributed by atoms with Crippen LogP contribution in [0.15, 0.2) is 36.9 Å². The molecule has 0 aromatic heterocycles. The molecule has 2 rings (SSSR count). The maximum absolute atomic E-state index is 13.0. The molecule has 1 aromatic carbocycles. The zero-order chi connectivity index (χ0) is 22.4. The Morgan fingerprint density at radius 1 is 1.07 bits per heavy atom. The molecule has 0 N–H and O–H groups in total. The number of amides is 1. The van der Waals surface area contributed by atoms with Gasteiger partial charge in [-0.2, -0.15) is 0 Å². The number of esters is 1. The van der Waals surface area contributed by atoms with E-state index >= 15 is 0 Å². The zero-order valence-electron chi connectivity index (χ0n) is 18.6. The predicted molar refractivity (Wildman–Crippen MR) is 113 cm³/mol. The number of benzene rings is 1. The van der Waals surface area contributed by atoms with Gasteiger partial charge in [0.25, 0.3) is 0 Å². The monoisotopic (exact) mass is 419 g/mol. The van der Waals surface area contributed by atoms with E-state index in [4.69, 9.17) is 18.9 Å². The summed E-state index contributed by atoms with van der Waals surface area (Å²) >= 11 is 0. The van der Waals surface area contributed by atoms with Crippen molar-refractivity contribution in [3.05, 3.63) is 42.5 Å². The largest absolute Gasteiger partial charge is 0.497 e. The minimum atomic E-state index is -1.10. The molecule has 30 heavy (non-hydrogen) atoms. The summed E-state index contributed by atoms with van der Waals surface area (Å²) in [7, 11) is 6.15. The second-order valence-electron chi connectivity index (χ2n) is 7.59. The van der Waals surface area contributed by atoms with Crippen molar-refractivity contribution in [2.45, 2.75) is 56.4 Å². The highest BCUT2D eigenvalue weighted by Crippen LogP contribution is 2.43. The molecule has 0 unspecified atom stereocenters. The molecule has 1 aliphatic carbocycles. The third kappa shape index (κ3) is 4.68. The third-order valence-corrected chi connectivity index (χ3v) is 6.16. The Labute approximate surface area is 178 Å². The summed E-state index contributed by atoms with van der Waals surface area (Å²) in [6.45, 7) is 5.42. The van der Waals surface area contributed by atoms with Gasteiger partial charge in [-0.05, 0) is 37.0 Å². The molecule has 7 nitrogen and oxygen atoms in total. The first-order valence-corrected chi connectivity index (χ1v) is 10.1. The van der Waals surface area contributed by atoms with Gasteiger partial charge in [-0.3, -0.25) is 4.79 Å². The summed E-state index contributed by atoms with van der Waals surface area (Å²) < 4.78 is 21.5. The van der Waals surface area contributed by atoms with Crippen molar-refractivity contribution in [3.63, 3.8) is 0 Å². The molecule has 0 saturated heterocycles. The fourth-order valence-electron chi connectivity index (χ4n) is 4.40. The fourth-order valence-corrected chi connectivity index (χ4v) is 4.40. The van der Waals surface area contributed by atoms with E-state index in [2.05, 4.69) is 6.58 Å². The van der Waals surface area contributed by atoms with Crippen molar-refractivity contribution in [3.8, 4) is 5.75 Å². The molecule has 1 fully saturated rings. The molecule has 0 radical (unpaired) electrons.